The van der Waals surface area contributed by atoms with Crippen LogP contribution in [0.15, 0.2) is 48.9 Å². The van der Waals surface area contributed by atoms with Gasteiger partial charge in [-0.3, -0.25) is 0 Å². The Morgan fingerprint density at radius 2 is 1.96 bits per heavy atom. The van der Waals surface area contributed by atoms with Gasteiger partial charge in [-0.25, -0.2) is 9.97 Å². The molecule has 0 aliphatic carbocycles. The summed E-state index contributed by atoms with van der Waals surface area (Å²) in [6, 6.07) is 10.5. The molecule has 1 fully saturated rings. The van der Waals surface area contributed by atoms with Crippen molar-refractivity contribution in [3.8, 4) is 0 Å². The highest BCUT2D eigenvalue weighted by atomic mass is 16.6. The van der Waals surface area contributed by atoms with Crippen LogP contribution < -0.4 is 5.73 Å². The molecule has 5 N–H and O–H groups in total. The zero-order valence-corrected chi connectivity index (χ0v) is 13.2. The van der Waals surface area contributed by atoms with Gasteiger partial charge in [0.25, 0.3) is 0 Å². The van der Waals surface area contributed by atoms with E-state index in [1.165, 1.54) is 6.33 Å². The Kier molecular flexibility index (Phi) is 3.69. The number of nitrogens with two attached hydrogens (primary N) is 1. The fourth-order valence-corrected chi connectivity index (χ4v) is 3.39. The smallest absolute Gasteiger partial charge is 0.171 e. The molecule has 25 heavy (non-hydrogen) atoms. The Labute approximate surface area is 143 Å². The van der Waals surface area contributed by atoms with E-state index in [2.05, 4.69) is 9.97 Å². The lowest BCUT2D eigenvalue weighted by atomic mass is 9.86. The van der Waals surface area contributed by atoms with Crippen molar-refractivity contribution in [2.24, 2.45) is 0 Å². The molecule has 0 amide bonds. The van der Waals surface area contributed by atoms with Crippen LogP contribution in [0, 0.1) is 0 Å². The Morgan fingerprint density at radius 1 is 1.20 bits per heavy atom. The SMILES string of the molecule is Nc1ncnc2c1ccn2[C@@H]1O[C@H](CO)[C@@H](O)[C@]1(O)c1ccccc1. The lowest BCUT2D eigenvalue weighted by Crippen LogP contribution is -2.44. The molecule has 4 atom stereocenters. The standard InChI is InChI=1S/C17H18N4O4/c18-14-11-6-7-21(15(11)20-9-19-14)16-17(24,10-4-2-1-3-5-10)13(23)12(8-22)25-16/h1-7,9,12-13,16,22-24H,8H2,(H2,18,19,20)/t12-,13-,16-,17-/m1/s1. The van der Waals surface area contributed by atoms with Crippen molar-refractivity contribution in [3.05, 3.63) is 54.5 Å². The summed E-state index contributed by atoms with van der Waals surface area (Å²) in [6.07, 6.45) is -0.256. The van der Waals surface area contributed by atoms with Crippen molar-refractivity contribution in [3.63, 3.8) is 0 Å². The first-order valence-corrected chi connectivity index (χ1v) is 7.86. The van der Waals surface area contributed by atoms with E-state index >= 15 is 0 Å². The van der Waals surface area contributed by atoms with Gasteiger partial charge in [0.05, 0.1) is 12.0 Å². The van der Waals surface area contributed by atoms with Crippen LogP contribution in [-0.4, -0.2) is 48.7 Å². The van der Waals surface area contributed by atoms with E-state index in [9.17, 15) is 15.3 Å². The number of aliphatic hydroxyl groups is 3. The minimum Gasteiger partial charge on any atom is -0.394 e. The molecule has 0 saturated carbocycles. The maximum Gasteiger partial charge on any atom is 0.171 e. The van der Waals surface area contributed by atoms with Crippen LogP contribution in [0.5, 0.6) is 0 Å². The molecule has 8 nitrogen and oxygen atoms in total. The molecular weight excluding hydrogens is 324 g/mol. The fourth-order valence-electron chi connectivity index (χ4n) is 3.39. The number of anilines is 1. The molecule has 0 unspecified atom stereocenters. The van der Waals surface area contributed by atoms with Crippen molar-refractivity contribution >= 4 is 16.9 Å². The second kappa shape index (κ2) is 5.78. The summed E-state index contributed by atoms with van der Waals surface area (Å²) in [5.41, 5.74) is 5.06. The molecule has 1 saturated heterocycles. The van der Waals surface area contributed by atoms with Gasteiger partial charge in [0.2, 0.25) is 0 Å². The van der Waals surface area contributed by atoms with Crippen molar-refractivity contribution in [2.45, 2.75) is 24.0 Å². The van der Waals surface area contributed by atoms with Crippen LogP contribution in [0.3, 0.4) is 0 Å². The Morgan fingerprint density at radius 3 is 2.68 bits per heavy atom. The molecule has 1 aromatic carbocycles. The average molecular weight is 342 g/mol. The van der Waals surface area contributed by atoms with Crippen LogP contribution >= 0.6 is 0 Å². The summed E-state index contributed by atoms with van der Waals surface area (Å²) in [4.78, 5) is 8.17. The predicted octanol–water partition coefficient (Wildman–Crippen LogP) is 0.152. The van der Waals surface area contributed by atoms with Gasteiger partial charge >= 0.3 is 0 Å². The highest BCUT2D eigenvalue weighted by Gasteiger charge is 2.57. The summed E-state index contributed by atoms with van der Waals surface area (Å²) >= 11 is 0. The topological polar surface area (TPSA) is 127 Å². The van der Waals surface area contributed by atoms with E-state index in [0.29, 0.717) is 22.4 Å². The van der Waals surface area contributed by atoms with Crippen LogP contribution in [0.25, 0.3) is 11.0 Å². The summed E-state index contributed by atoms with van der Waals surface area (Å²) in [7, 11) is 0. The van der Waals surface area contributed by atoms with E-state index < -0.39 is 30.6 Å². The van der Waals surface area contributed by atoms with Crippen molar-refractivity contribution in [2.75, 3.05) is 12.3 Å². The second-order valence-corrected chi connectivity index (χ2v) is 6.06. The number of aromatic nitrogens is 3. The number of aliphatic hydroxyl groups excluding tert-OH is 2. The molecule has 0 radical (unpaired) electrons. The number of hydrogen-bond acceptors (Lipinski definition) is 7. The van der Waals surface area contributed by atoms with Gasteiger partial charge in [-0.1, -0.05) is 30.3 Å². The average Bonchev–Trinajstić information content (AvgIpc) is 3.17. The molecule has 8 heteroatoms. The number of hydrogen-bond donors (Lipinski definition) is 4. The van der Waals surface area contributed by atoms with Gasteiger partial charge in [-0.2, -0.15) is 0 Å². The van der Waals surface area contributed by atoms with Crippen molar-refractivity contribution in [1.29, 1.82) is 0 Å². The zero-order chi connectivity index (χ0) is 17.6. The van der Waals surface area contributed by atoms with Gasteiger partial charge in [0.1, 0.15) is 30.0 Å². The van der Waals surface area contributed by atoms with Gasteiger partial charge in [-0.05, 0) is 11.6 Å². The molecule has 2 aromatic heterocycles. The maximum atomic E-state index is 11.4. The van der Waals surface area contributed by atoms with E-state index in [1.807, 2.05) is 6.07 Å². The summed E-state index contributed by atoms with van der Waals surface area (Å²) in [5, 5.41) is 32.2. The van der Waals surface area contributed by atoms with E-state index in [4.69, 9.17) is 10.5 Å². The largest absolute Gasteiger partial charge is 0.394 e. The number of ether oxygens (including phenoxy) is 1. The predicted molar refractivity (Wildman–Crippen MR) is 89.3 cm³/mol. The molecule has 0 spiro atoms. The minimum absolute atomic E-state index is 0.309. The van der Waals surface area contributed by atoms with Crippen molar-refractivity contribution < 1.29 is 20.1 Å². The molecular formula is C17H18N4O4. The monoisotopic (exact) mass is 342 g/mol. The first-order valence-electron chi connectivity index (χ1n) is 7.86. The summed E-state index contributed by atoms with van der Waals surface area (Å²) < 4.78 is 7.39. The number of fused-ring (bicyclic) bond motifs is 1. The molecule has 1 aliphatic rings. The zero-order valence-electron chi connectivity index (χ0n) is 13.2. The van der Waals surface area contributed by atoms with Crippen LogP contribution in [0.1, 0.15) is 11.8 Å². The third-order valence-electron chi connectivity index (χ3n) is 4.69. The van der Waals surface area contributed by atoms with Crippen LogP contribution in [0.2, 0.25) is 0 Å². The number of nitrogens with zero attached hydrogens (tertiary/aromatic N) is 3. The second-order valence-electron chi connectivity index (χ2n) is 6.06. The fraction of sp³-hybridized carbons (Fsp3) is 0.294. The van der Waals surface area contributed by atoms with Gasteiger partial charge < -0.3 is 30.4 Å². The number of rotatable bonds is 3. The Hall–Kier alpha value is -2.52. The van der Waals surface area contributed by atoms with E-state index in [1.54, 1.807) is 41.1 Å². The van der Waals surface area contributed by atoms with E-state index in [-0.39, 0.29) is 0 Å². The highest BCUT2D eigenvalue weighted by Crippen LogP contribution is 2.46. The molecule has 130 valence electrons. The lowest BCUT2D eigenvalue weighted by Gasteiger charge is -2.32. The summed E-state index contributed by atoms with van der Waals surface area (Å²) in [6.45, 7) is -0.427. The van der Waals surface area contributed by atoms with Gasteiger partial charge in [0.15, 0.2) is 11.8 Å². The highest BCUT2D eigenvalue weighted by molar-refractivity contribution is 5.86. The quantitative estimate of drug-likeness (QED) is 0.534. The van der Waals surface area contributed by atoms with Crippen LogP contribution in [-0.2, 0) is 10.3 Å². The first-order chi connectivity index (χ1) is 12.1. The molecule has 3 aromatic rings. The number of benzene rings is 1. The van der Waals surface area contributed by atoms with Crippen LogP contribution in [0.4, 0.5) is 5.82 Å². The molecule has 4 rings (SSSR count). The van der Waals surface area contributed by atoms with Gasteiger partial charge in [0, 0.05) is 6.20 Å². The third-order valence-corrected chi connectivity index (χ3v) is 4.69. The number of nitrogen functional groups attached to an aromatic ring is 1. The lowest BCUT2D eigenvalue weighted by molar-refractivity contribution is -0.113. The molecule has 0 bridgehead atoms. The first kappa shape index (κ1) is 16.0. The van der Waals surface area contributed by atoms with Gasteiger partial charge in [-0.15, -0.1) is 0 Å². The Bertz CT molecular complexity index is 900. The van der Waals surface area contributed by atoms with E-state index in [0.717, 1.165) is 0 Å². The molecule has 3 heterocycles. The van der Waals surface area contributed by atoms with Crippen molar-refractivity contribution in [1.82, 2.24) is 14.5 Å². The Balaban J connectivity index is 1.90. The third kappa shape index (κ3) is 2.23. The molecule has 1 aliphatic heterocycles. The minimum atomic E-state index is -1.76. The maximum absolute atomic E-state index is 11.4. The normalized spacial score (nSPS) is 29.3. The summed E-state index contributed by atoms with van der Waals surface area (Å²) in [5.74, 6) is 0.309.